The predicted molar refractivity (Wildman–Crippen MR) is 109 cm³/mol. The number of nitrogens with zero attached hydrogens (tertiary/aromatic N) is 6. The van der Waals surface area contributed by atoms with Crippen LogP contribution in [0.15, 0.2) is 42.7 Å². The summed E-state index contributed by atoms with van der Waals surface area (Å²) >= 11 is 0. The minimum atomic E-state index is -0.306. The summed E-state index contributed by atoms with van der Waals surface area (Å²) in [5.41, 5.74) is 2.05. The fraction of sp³-hybridized carbons (Fsp3) is 0.333. The minimum Gasteiger partial charge on any atom is -0.298 e. The van der Waals surface area contributed by atoms with Gasteiger partial charge in [0, 0.05) is 18.9 Å². The number of hydrogen-bond acceptors (Lipinski definition) is 7. The van der Waals surface area contributed by atoms with E-state index in [9.17, 15) is 4.79 Å². The summed E-state index contributed by atoms with van der Waals surface area (Å²) in [5.74, 6) is 0.814. The van der Waals surface area contributed by atoms with Crippen LogP contribution in [0, 0.1) is 6.92 Å². The summed E-state index contributed by atoms with van der Waals surface area (Å²) < 4.78 is 0. The van der Waals surface area contributed by atoms with E-state index in [2.05, 4.69) is 35.1 Å². The van der Waals surface area contributed by atoms with Crippen LogP contribution in [0.3, 0.4) is 0 Å². The summed E-state index contributed by atoms with van der Waals surface area (Å²) in [7, 11) is 0. The molecule has 1 aliphatic heterocycles. The van der Waals surface area contributed by atoms with Gasteiger partial charge in [-0.05, 0) is 57.1 Å². The Hall–Kier alpha value is -3.26. The first-order chi connectivity index (χ1) is 14.2. The normalized spacial score (nSPS) is 14.5. The second-order valence-electron chi connectivity index (χ2n) is 7.07. The lowest BCUT2D eigenvalue weighted by atomic mass is 10.1. The molecule has 1 N–H and O–H groups in total. The third-order valence-corrected chi connectivity index (χ3v) is 4.79. The molecule has 29 heavy (non-hydrogen) atoms. The van der Waals surface area contributed by atoms with Crippen LogP contribution in [0.25, 0.3) is 11.5 Å². The van der Waals surface area contributed by atoms with E-state index in [1.165, 1.54) is 19.3 Å². The molecule has 0 saturated carbocycles. The summed E-state index contributed by atoms with van der Waals surface area (Å²) in [6, 6.07) is 9.18. The van der Waals surface area contributed by atoms with Gasteiger partial charge in [0.1, 0.15) is 11.5 Å². The molecule has 0 radical (unpaired) electrons. The van der Waals surface area contributed by atoms with Crippen molar-refractivity contribution in [2.45, 2.75) is 32.7 Å². The number of nitrogens with one attached hydrogen (secondary N) is 1. The van der Waals surface area contributed by atoms with E-state index in [0.29, 0.717) is 22.9 Å². The van der Waals surface area contributed by atoms with Crippen LogP contribution in [0.5, 0.6) is 0 Å². The number of aryl methyl sites for hydroxylation is 1. The molecule has 0 aliphatic carbocycles. The number of pyridine rings is 2. The van der Waals surface area contributed by atoms with Gasteiger partial charge in [-0.1, -0.05) is 12.5 Å². The quantitative estimate of drug-likeness (QED) is 0.716. The topological polar surface area (TPSA) is 96.8 Å². The molecule has 3 aromatic rings. The van der Waals surface area contributed by atoms with Gasteiger partial charge < -0.3 is 0 Å². The van der Waals surface area contributed by atoms with Crippen LogP contribution in [-0.4, -0.2) is 48.8 Å². The lowest BCUT2D eigenvalue weighted by Crippen LogP contribution is -2.29. The summed E-state index contributed by atoms with van der Waals surface area (Å²) in [6.07, 6.45) is 7.06. The minimum absolute atomic E-state index is 0.195. The van der Waals surface area contributed by atoms with Gasteiger partial charge in [0.05, 0.1) is 11.3 Å². The highest BCUT2D eigenvalue weighted by molar-refractivity contribution is 6.03. The maximum absolute atomic E-state index is 12.6. The molecule has 4 rings (SSSR count). The fourth-order valence-corrected chi connectivity index (χ4v) is 3.32. The van der Waals surface area contributed by atoms with Gasteiger partial charge in [-0.25, -0.2) is 4.98 Å². The van der Waals surface area contributed by atoms with Gasteiger partial charge in [0.25, 0.3) is 5.91 Å². The SMILES string of the molecule is Cc1nc(NC(=O)c2ccc(CN3CCCCC3)nc2)nc(-c2ccccn2)n1. The average molecular weight is 389 g/mol. The van der Waals surface area contributed by atoms with E-state index in [-0.39, 0.29) is 11.9 Å². The van der Waals surface area contributed by atoms with E-state index in [1.807, 2.05) is 24.3 Å². The second-order valence-corrected chi connectivity index (χ2v) is 7.07. The summed E-state index contributed by atoms with van der Waals surface area (Å²) in [6.45, 7) is 4.80. The highest BCUT2D eigenvalue weighted by Crippen LogP contribution is 2.15. The van der Waals surface area contributed by atoms with Crippen molar-refractivity contribution < 1.29 is 4.79 Å². The maximum atomic E-state index is 12.6. The zero-order valence-electron chi connectivity index (χ0n) is 16.4. The molecule has 8 nitrogen and oxygen atoms in total. The first-order valence-corrected chi connectivity index (χ1v) is 9.80. The van der Waals surface area contributed by atoms with Crippen molar-refractivity contribution in [2.75, 3.05) is 18.4 Å². The van der Waals surface area contributed by atoms with E-state index >= 15 is 0 Å². The molecule has 148 valence electrons. The molecular formula is C21H23N7O. The van der Waals surface area contributed by atoms with Gasteiger partial charge in [0.2, 0.25) is 5.95 Å². The van der Waals surface area contributed by atoms with E-state index in [1.54, 1.807) is 25.4 Å². The number of amides is 1. The fourth-order valence-electron chi connectivity index (χ4n) is 3.32. The van der Waals surface area contributed by atoms with E-state index in [4.69, 9.17) is 0 Å². The van der Waals surface area contributed by atoms with E-state index in [0.717, 1.165) is 25.3 Å². The smallest absolute Gasteiger partial charge is 0.259 e. The molecule has 3 aromatic heterocycles. The maximum Gasteiger partial charge on any atom is 0.259 e. The van der Waals surface area contributed by atoms with Crippen molar-refractivity contribution in [1.82, 2.24) is 29.8 Å². The van der Waals surface area contributed by atoms with Crippen molar-refractivity contribution in [1.29, 1.82) is 0 Å². The molecule has 4 heterocycles. The van der Waals surface area contributed by atoms with Gasteiger partial charge in [-0.3, -0.25) is 25.0 Å². The predicted octanol–water partition coefficient (Wildman–Crippen LogP) is 2.88. The molecule has 1 fully saturated rings. The largest absolute Gasteiger partial charge is 0.298 e. The Morgan fingerprint density at radius 2 is 1.90 bits per heavy atom. The number of carbonyl (C=O) groups excluding carboxylic acids is 1. The standard InChI is InChI=1S/C21H23N7O/c1-15-24-19(18-7-3-4-10-22-18)26-21(25-15)27-20(29)16-8-9-17(23-13-16)14-28-11-5-2-6-12-28/h3-4,7-10,13H,2,5-6,11-12,14H2,1H3,(H,24,25,26,27,29). The number of carbonyl (C=O) groups is 1. The average Bonchev–Trinajstić information content (AvgIpc) is 2.75. The number of piperidine rings is 1. The summed E-state index contributed by atoms with van der Waals surface area (Å²) in [4.78, 5) is 36.5. The van der Waals surface area contributed by atoms with Crippen molar-refractivity contribution >= 4 is 11.9 Å². The first kappa shape index (κ1) is 19.1. The van der Waals surface area contributed by atoms with Gasteiger partial charge in [-0.15, -0.1) is 0 Å². The number of likely N-dealkylation sites (tertiary alicyclic amines) is 1. The van der Waals surface area contributed by atoms with Crippen molar-refractivity contribution in [3.05, 3.63) is 59.8 Å². The first-order valence-electron chi connectivity index (χ1n) is 9.80. The molecule has 0 aromatic carbocycles. The van der Waals surface area contributed by atoms with Crippen LogP contribution in [0.4, 0.5) is 5.95 Å². The van der Waals surface area contributed by atoms with Gasteiger partial charge >= 0.3 is 0 Å². The Morgan fingerprint density at radius 1 is 1.03 bits per heavy atom. The Labute approximate surface area is 169 Å². The zero-order valence-corrected chi connectivity index (χ0v) is 16.4. The van der Waals surface area contributed by atoms with Crippen LogP contribution in [0.1, 0.15) is 41.1 Å². The molecule has 1 saturated heterocycles. The highest BCUT2D eigenvalue weighted by atomic mass is 16.1. The molecule has 1 aliphatic rings. The van der Waals surface area contributed by atoms with Crippen LogP contribution in [0.2, 0.25) is 0 Å². The molecule has 0 bridgehead atoms. The number of rotatable bonds is 5. The molecule has 1 amide bonds. The number of aromatic nitrogens is 5. The third-order valence-electron chi connectivity index (χ3n) is 4.79. The second kappa shape index (κ2) is 8.83. The van der Waals surface area contributed by atoms with Gasteiger partial charge in [0.15, 0.2) is 5.82 Å². The Bertz CT molecular complexity index is 970. The Morgan fingerprint density at radius 3 is 2.62 bits per heavy atom. The monoisotopic (exact) mass is 389 g/mol. The zero-order chi connectivity index (χ0) is 20.1. The lowest BCUT2D eigenvalue weighted by molar-refractivity contribution is 0.102. The molecule has 0 unspecified atom stereocenters. The third kappa shape index (κ3) is 4.97. The van der Waals surface area contributed by atoms with Crippen molar-refractivity contribution in [2.24, 2.45) is 0 Å². The van der Waals surface area contributed by atoms with Crippen molar-refractivity contribution in [3.8, 4) is 11.5 Å². The van der Waals surface area contributed by atoms with Crippen LogP contribution in [-0.2, 0) is 6.54 Å². The van der Waals surface area contributed by atoms with Gasteiger partial charge in [-0.2, -0.15) is 9.97 Å². The molecular weight excluding hydrogens is 366 g/mol. The van der Waals surface area contributed by atoms with Crippen molar-refractivity contribution in [3.63, 3.8) is 0 Å². The number of anilines is 1. The Kier molecular flexibility index (Phi) is 5.81. The summed E-state index contributed by atoms with van der Waals surface area (Å²) in [5, 5.41) is 2.73. The number of hydrogen-bond donors (Lipinski definition) is 1. The molecule has 0 spiro atoms. The Balaban J connectivity index is 1.44. The molecule has 8 heteroatoms. The van der Waals surface area contributed by atoms with Crippen LogP contribution < -0.4 is 5.32 Å². The highest BCUT2D eigenvalue weighted by Gasteiger charge is 2.14. The van der Waals surface area contributed by atoms with Crippen LogP contribution >= 0.6 is 0 Å². The molecule has 0 atom stereocenters. The van der Waals surface area contributed by atoms with E-state index < -0.39 is 0 Å². The lowest BCUT2D eigenvalue weighted by Gasteiger charge is -2.25.